The number of rotatable bonds is 6. The Labute approximate surface area is 147 Å². The van der Waals surface area contributed by atoms with E-state index in [-0.39, 0.29) is 5.91 Å². The third kappa shape index (κ3) is 3.47. The first kappa shape index (κ1) is 17.0. The molecule has 1 amide bonds. The second-order valence-corrected chi connectivity index (χ2v) is 6.29. The summed E-state index contributed by atoms with van der Waals surface area (Å²) in [7, 11) is 0. The summed E-state index contributed by atoms with van der Waals surface area (Å²) >= 11 is 0. The van der Waals surface area contributed by atoms with Crippen molar-refractivity contribution in [3.05, 3.63) is 59.8 Å². The molecule has 2 heterocycles. The van der Waals surface area contributed by atoms with Crippen molar-refractivity contribution in [3.8, 4) is 11.3 Å². The number of nitrogens with two attached hydrogens (primary N) is 1. The fourth-order valence-electron chi connectivity index (χ4n) is 3.06. The van der Waals surface area contributed by atoms with E-state index in [9.17, 15) is 4.79 Å². The highest BCUT2D eigenvalue weighted by atomic mass is 16.1. The monoisotopic (exact) mass is 337 g/mol. The predicted octanol–water partition coefficient (Wildman–Crippen LogP) is 2.65. The number of primary amides is 1. The highest BCUT2D eigenvalue weighted by molar-refractivity contribution is 5.78. The van der Waals surface area contributed by atoms with Crippen molar-refractivity contribution in [2.75, 3.05) is 0 Å². The predicted molar refractivity (Wildman–Crippen MR) is 97.0 cm³/mol. The summed E-state index contributed by atoms with van der Waals surface area (Å²) < 4.78 is 3.85. The summed E-state index contributed by atoms with van der Waals surface area (Å²) in [6, 6.07) is 11.6. The molecule has 25 heavy (non-hydrogen) atoms. The molecule has 6 nitrogen and oxygen atoms in total. The molecule has 3 rings (SSSR count). The highest BCUT2D eigenvalue weighted by Gasteiger charge is 2.19. The normalized spacial score (nSPS) is 12.3. The number of amides is 1. The van der Waals surface area contributed by atoms with Gasteiger partial charge in [-0.25, -0.2) is 4.98 Å². The van der Waals surface area contributed by atoms with Crippen LogP contribution in [0.3, 0.4) is 0 Å². The molecule has 0 saturated heterocycles. The van der Waals surface area contributed by atoms with Gasteiger partial charge in [-0.15, -0.1) is 0 Å². The van der Waals surface area contributed by atoms with Crippen LogP contribution >= 0.6 is 0 Å². The van der Waals surface area contributed by atoms with Gasteiger partial charge in [-0.2, -0.15) is 5.10 Å². The number of nitrogens with zero attached hydrogens (tertiary/aromatic N) is 4. The first-order valence-corrected chi connectivity index (χ1v) is 8.39. The van der Waals surface area contributed by atoms with Gasteiger partial charge in [0.2, 0.25) is 5.91 Å². The molecular formula is C19H23N5O. The Kier molecular flexibility index (Phi) is 4.70. The number of carbonyl (C=O) groups is 1. The average molecular weight is 337 g/mol. The molecule has 0 radical (unpaired) electrons. The van der Waals surface area contributed by atoms with E-state index >= 15 is 0 Å². The minimum Gasteiger partial charge on any atom is -0.368 e. The molecule has 130 valence electrons. The van der Waals surface area contributed by atoms with Crippen molar-refractivity contribution in [2.24, 2.45) is 5.73 Å². The van der Waals surface area contributed by atoms with Crippen LogP contribution in [0.15, 0.2) is 42.7 Å². The van der Waals surface area contributed by atoms with Crippen molar-refractivity contribution >= 4 is 5.91 Å². The van der Waals surface area contributed by atoms with Crippen molar-refractivity contribution in [1.82, 2.24) is 19.3 Å². The van der Waals surface area contributed by atoms with Crippen molar-refractivity contribution in [3.63, 3.8) is 0 Å². The molecule has 0 saturated carbocycles. The van der Waals surface area contributed by atoms with Gasteiger partial charge in [0.25, 0.3) is 0 Å². The van der Waals surface area contributed by atoms with E-state index in [1.165, 1.54) is 0 Å². The zero-order valence-electron chi connectivity index (χ0n) is 14.8. The van der Waals surface area contributed by atoms with Crippen LogP contribution in [0.2, 0.25) is 0 Å². The maximum Gasteiger partial charge on any atom is 0.240 e. The summed E-state index contributed by atoms with van der Waals surface area (Å²) in [5.41, 5.74) is 10.5. The summed E-state index contributed by atoms with van der Waals surface area (Å²) in [5.74, 6) is -0.371. The van der Waals surface area contributed by atoms with Crippen molar-refractivity contribution in [2.45, 2.75) is 39.8 Å². The first-order valence-electron chi connectivity index (χ1n) is 8.39. The lowest BCUT2D eigenvalue weighted by atomic mass is 10.1. The van der Waals surface area contributed by atoms with E-state index in [1.54, 1.807) is 13.3 Å². The van der Waals surface area contributed by atoms with Crippen LogP contribution in [0.4, 0.5) is 0 Å². The Morgan fingerprint density at radius 3 is 2.56 bits per heavy atom. The quantitative estimate of drug-likeness (QED) is 0.751. The second-order valence-electron chi connectivity index (χ2n) is 6.29. The molecular weight excluding hydrogens is 314 g/mol. The van der Waals surface area contributed by atoms with Crippen LogP contribution in [-0.4, -0.2) is 25.2 Å². The van der Waals surface area contributed by atoms with E-state index in [0.29, 0.717) is 6.42 Å². The molecule has 0 fully saturated rings. The first-order chi connectivity index (χ1) is 12.0. The van der Waals surface area contributed by atoms with Crippen LogP contribution in [0.25, 0.3) is 11.3 Å². The fourth-order valence-corrected chi connectivity index (χ4v) is 3.06. The standard InChI is InChI=1S/C19H23N5O/c1-13-11-14(2)24(22-13)10-9-17-18(16-7-5-4-6-8-16)21-12-23(17)15(3)19(20)25/h4-8,11-12,15H,9-10H2,1-3H3,(H2,20,25)/t15-/m1/s1. The minimum atomic E-state index is -0.444. The van der Waals surface area contributed by atoms with Gasteiger partial charge < -0.3 is 10.3 Å². The maximum absolute atomic E-state index is 11.7. The van der Waals surface area contributed by atoms with Gasteiger partial charge in [0, 0.05) is 29.9 Å². The zero-order valence-corrected chi connectivity index (χ0v) is 14.8. The number of hydrogen-bond donors (Lipinski definition) is 1. The van der Waals surface area contributed by atoms with Crippen LogP contribution in [-0.2, 0) is 17.8 Å². The molecule has 0 spiro atoms. The van der Waals surface area contributed by atoms with E-state index in [0.717, 1.165) is 34.9 Å². The van der Waals surface area contributed by atoms with Crippen LogP contribution in [0.5, 0.6) is 0 Å². The second kappa shape index (κ2) is 6.93. The lowest BCUT2D eigenvalue weighted by Crippen LogP contribution is -2.25. The topological polar surface area (TPSA) is 78.7 Å². The molecule has 2 N–H and O–H groups in total. The van der Waals surface area contributed by atoms with Crippen LogP contribution in [0, 0.1) is 13.8 Å². The summed E-state index contributed by atoms with van der Waals surface area (Å²) in [6.45, 7) is 6.54. The molecule has 0 aliphatic rings. The zero-order chi connectivity index (χ0) is 18.0. The molecule has 0 aliphatic heterocycles. The fraction of sp³-hybridized carbons (Fsp3) is 0.316. The Bertz CT molecular complexity index is 879. The van der Waals surface area contributed by atoms with Crippen molar-refractivity contribution in [1.29, 1.82) is 0 Å². The third-order valence-corrected chi connectivity index (χ3v) is 4.44. The Morgan fingerprint density at radius 2 is 1.96 bits per heavy atom. The molecule has 1 aromatic carbocycles. The molecule has 3 aromatic rings. The van der Waals surface area contributed by atoms with Gasteiger partial charge in [0.15, 0.2) is 0 Å². The number of hydrogen-bond acceptors (Lipinski definition) is 3. The van der Waals surface area contributed by atoms with Gasteiger partial charge in [-0.1, -0.05) is 30.3 Å². The SMILES string of the molecule is Cc1cc(C)n(CCc2c(-c3ccccc3)ncn2[C@H](C)C(N)=O)n1. The molecule has 1 atom stereocenters. The van der Waals surface area contributed by atoms with E-state index < -0.39 is 6.04 Å². The molecule has 2 aromatic heterocycles. The van der Waals surface area contributed by atoms with Crippen LogP contribution in [0.1, 0.15) is 30.0 Å². The van der Waals surface area contributed by atoms with Crippen LogP contribution < -0.4 is 5.73 Å². The number of benzene rings is 1. The smallest absolute Gasteiger partial charge is 0.240 e. The van der Waals surface area contributed by atoms with Gasteiger partial charge >= 0.3 is 0 Å². The Balaban J connectivity index is 1.97. The minimum absolute atomic E-state index is 0.371. The van der Waals surface area contributed by atoms with E-state index in [1.807, 2.05) is 53.4 Å². The largest absolute Gasteiger partial charge is 0.368 e. The maximum atomic E-state index is 11.7. The highest BCUT2D eigenvalue weighted by Crippen LogP contribution is 2.25. The Morgan fingerprint density at radius 1 is 1.24 bits per heavy atom. The third-order valence-electron chi connectivity index (χ3n) is 4.44. The molecule has 6 heteroatoms. The summed E-state index contributed by atoms with van der Waals surface area (Å²) in [4.78, 5) is 16.2. The number of aromatic nitrogens is 4. The van der Waals surface area contributed by atoms with Gasteiger partial charge in [0.1, 0.15) is 6.04 Å². The lowest BCUT2D eigenvalue weighted by Gasteiger charge is -2.15. The molecule has 0 bridgehead atoms. The van der Waals surface area contributed by atoms with Gasteiger partial charge in [-0.3, -0.25) is 9.48 Å². The van der Waals surface area contributed by atoms with Crippen molar-refractivity contribution < 1.29 is 4.79 Å². The Hall–Kier alpha value is -2.89. The van der Waals surface area contributed by atoms with E-state index in [2.05, 4.69) is 16.1 Å². The summed E-state index contributed by atoms with van der Waals surface area (Å²) in [6.07, 6.45) is 2.41. The van der Waals surface area contributed by atoms with E-state index in [4.69, 9.17) is 5.73 Å². The number of imidazole rings is 1. The number of aryl methyl sites for hydroxylation is 3. The lowest BCUT2D eigenvalue weighted by molar-refractivity contribution is -0.120. The number of carbonyl (C=O) groups excluding carboxylic acids is 1. The molecule has 0 aliphatic carbocycles. The average Bonchev–Trinajstić information content (AvgIpc) is 3.15. The molecule has 0 unspecified atom stereocenters. The van der Waals surface area contributed by atoms with Gasteiger partial charge in [-0.05, 0) is 26.8 Å². The summed E-state index contributed by atoms with van der Waals surface area (Å²) in [5, 5.41) is 4.52. The van der Waals surface area contributed by atoms with Gasteiger partial charge in [0.05, 0.1) is 17.7 Å².